The Kier molecular flexibility index (Phi) is 9.04. The molecule has 6 nitrogen and oxygen atoms in total. The molecule has 1 aliphatic heterocycles. The SMILES string of the molecule is COc1cccc(CO[C@@H](CN2CCN(C(=O)c3cccnc3SC)CC2)c2ccc(Cl)cc2)c1. The van der Waals surface area contributed by atoms with E-state index in [0.29, 0.717) is 30.3 Å². The van der Waals surface area contributed by atoms with Gasteiger partial charge in [0.2, 0.25) is 0 Å². The Hall–Kier alpha value is -2.58. The molecule has 35 heavy (non-hydrogen) atoms. The number of pyridine rings is 1. The zero-order valence-corrected chi connectivity index (χ0v) is 21.6. The van der Waals surface area contributed by atoms with E-state index in [4.69, 9.17) is 21.1 Å². The number of amides is 1. The molecule has 0 aliphatic carbocycles. The van der Waals surface area contributed by atoms with Gasteiger partial charge in [0.1, 0.15) is 10.8 Å². The van der Waals surface area contributed by atoms with Crippen LogP contribution in [0.1, 0.15) is 27.6 Å². The van der Waals surface area contributed by atoms with Crippen LogP contribution in [0.25, 0.3) is 0 Å². The topological polar surface area (TPSA) is 54.9 Å². The van der Waals surface area contributed by atoms with Crippen LogP contribution in [0.4, 0.5) is 0 Å². The fourth-order valence-corrected chi connectivity index (χ4v) is 4.81. The number of piperazine rings is 1. The zero-order valence-electron chi connectivity index (χ0n) is 20.0. The number of nitrogens with zero attached hydrogens (tertiary/aromatic N) is 3. The summed E-state index contributed by atoms with van der Waals surface area (Å²) in [5, 5.41) is 1.47. The lowest BCUT2D eigenvalue weighted by atomic mass is 10.1. The Bertz CT molecular complexity index is 1120. The number of halogens is 1. The maximum Gasteiger partial charge on any atom is 0.256 e. The molecule has 1 atom stereocenters. The van der Waals surface area contributed by atoms with Crippen molar-refractivity contribution in [2.45, 2.75) is 17.7 Å². The Labute approximate surface area is 216 Å². The fraction of sp³-hybridized carbons (Fsp3) is 0.333. The van der Waals surface area contributed by atoms with Crippen LogP contribution < -0.4 is 4.74 Å². The molecule has 0 bridgehead atoms. The highest BCUT2D eigenvalue weighted by atomic mass is 35.5. The van der Waals surface area contributed by atoms with Gasteiger partial charge >= 0.3 is 0 Å². The van der Waals surface area contributed by atoms with E-state index in [1.54, 1.807) is 13.3 Å². The molecular weight excluding hydrogens is 482 g/mol. The monoisotopic (exact) mass is 511 g/mol. The van der Waals surface area contributed by atoms with Crippen LogP contribution in [0.5, 0.6) is 5.75 Å². The van der Waals surface area contributed by atoms with Crippen LogP contribution in [0, 0.1) is 0 Å². The number of hydrogen-bond acceptors (Lipinski definition) is 6. The standard InChI is InChI=1S/C27H30ClN3O3S/c1-33-23-6-3-5-20(17-23)19-34-25(21-8-10-22(28)11-9-21)18-30-13-15-31(16-14-30)27(32)24-7-4-12-29-26(24)35-2/h3-12,17,25H,13-16,18-19H2,1-2H3/t25-/m0/s1. The molecule has 0 N–H and O–H groups in total. The Morgan fingerprint density at radius 2 is 1.86 bits per heavy atom. The molecule has 0 unspecified atom stereocenters. The zero-order chi connectivity index (χ0) is 24.6. The molecule has 3 aromatic rings. The number of benzene rings is 2. The average molecular weight is 512 g/mol. The van der Waals surface area contributed by atoms with Gasteiger partial charge in [-0.25, -0.2) is 4.98 Å². The highest BCUT2D eigenvalue weighted by Gasteiger charge is 2.26. The molecule has 0 saturated carbocycles. The number of aromatic nitrogens is 1. The number of hydrogen-bond donors (Lipinski definition) is 0. The van der Waals surface area contributed by atoms with Crippen LogP contribution in [0.2, 0.25) is 5.02 Å². The molecule has 4 rings (SSSR count). The minimum absolute atomic E-state index is 0.0469. The van der Waals surface area contributed by atoms with Crippen molar-refractivity contribution in [1.29, 1.82) is 0 Å². The number of ether oxygens (including phenoxy) is 2. The van der Waals surface area contributed by atoms with Crippen molar-refractivity contribution in [2.24, 2.45) is 0 Å². The van der Waals surface area contributed by atoms with Gasteiger partial charge in [0.05, 0.1) is 25.4 Å². The smallest absolute Gasteiger partial charge is 0.256 e. The first-order valence-electron chi connectivity index (χ1n) is 11.6. The predicted octanol–water partition coefficient (Wildman–Crippen LogP) is 5.18. The third-order valence-corrected chi connectivity index (χ3v) is 7.07. The van der Waals surface area contributed by atoms with Gasteiger partial charge in [-0.15, -0.1) is 11.8 Å². The van der Waals surface area contributed by atoms with Gasteiger partial charge in [-0.05, 0) is 53.8 Å². The van der Waals surface area contributed by atoms with Crippen LogP contribution in [-0.4, -0.2) is 66.8 Å². The minimum Gasteiger partial charge on any atom is -0.497 e. The maximum atomic E-state index is 13.1. The first-order valence-corrected chi connectivity index (χ1v) is 13.2. The van der Waals surface area contributed by atoms with E-state index in [2.05, 4.69) is 9.88 Å². The van der Waals surface area contributed by atoms with Gasteiger partial charge in [0, 0.05) is 43.9 Å². The van der Waals surface area contributed by atoms with Gasteiger partial charge in [-0.3, -0.25) is 9.69 Å². The van der Waals surface area contributed by atoms with Gasteiger partial charge in [-0.1, -0.05) is 35.9 Å². The first kappa shape index (κ1) is 25.5. The fourth-order valence-electron chi connectivity index (χ4n) is 4.15. The van der Waals surface area contributed by atoms with E-state index in [9.17, 15) is 4.79 Å². The van der Waals surface area contributed by atoms with Crippen LogP contribution in [0.3, 0.4) is 0 Å². The minimum atomic E-state index is -0.123. The molecule has 0 spiro atoms. The van der Waals surface area contributed by atoms with Crippen LogP contribution >= 0.6 is 23.4 Å². The summed E-state index contributed by atoms with van der Waals surface area (Å²) >= 11 is 7.62. The molecule has 1 aromatic heterocycles. The average Bonchev–Trinajstić information content (AvgIpc) is 2.91. The normalized spacial score (nSPS) is 15.1. The molecule has 1 aliphatic rings. The van der Waals surface area contributed by atoms with E-state index in [-0.39, 0.29) is 12.0 Å². The second-order valence-electron chi connectivity index (χ2n) is 8.36. The summed E-state index contributed by atoms with van der Waals surface area (Å²) in [7, 11) is 1.66. The Morgan fingerprint density at radius 1 is 1.09 bits per heavy atom. The van der Waals surface area contributed by atoms with Gasteiger partial charge in [0.15, 0.2) is 0 Å². The summed E-state index contributed by atoms with van der Waals surface area (Å²) in [6.45, 7) is 4.12. The molecule has 1 amide bonds. The lowest BCUT2D eigenvalue weighted by molar-refractivity contribution is 0.00333. The van der Waals surface area contributed by atoms with Crippen LogP contribution in [-0.2, 0) is 11.3 Å². The van der Waals surface area contributed by atoms with E-state index >= 15 is 0 Å². The summed E-state index contributed by atoms with van der Waals surface area (Å²) in [5.74, 6) is 0.860. The molecular formula is C27H30ClN3O3S. The summed E-state index contributed by atoms with van der Waals surface area (Å²) in [6, 6.07) is 19.4. The lowest BCUT2D eigenvalue weighted by Gasteiger charge is -2.36. The molecule has 8 heteroatoms. The maximum absolute atomic E-state index is 13.1. The number of methoxy groups -OCH3 is 1. The first-order chi connectivity index (χ1) is 17.1. The van der Waals surface area contributed by atoms with Crippen LogP contribution in [0.15, 0.2) is 71.9 Å². The van der Waals surface area contributed by atoms with Crippen molar-refractivity contribution in [2.75, 3.05) is 46.1 Å². The van der Waals surface area contributed by atoms with Crippen molar-refractivity contribution in [1.82, 2.24) is 14.8 Å². The lowest BCUT2D eigenvalue weighted by Crippen LogP contribution is -2.49. The van der Waals surface area contributed by atoms with Gasteiger partial charge < -0.3 is 14.4 Å². The molecule has 0 radical (unpaired) electrons. The summed E-state index contributed by atoms with van der Waals surface area (Å²) < 4.78 is 11.7. The van der Waals surface area contributed by atoms with Crippen molar-refractivity contribution in [3.63, 3.8) is 0 Å². The van der Waals surface area contributed by atoms with Crippen molar-refractivity contribution in [3.05, 3.63) is 88.6 Å². The number of thioether (sulfide) groups is 1. The van der Waals surface area contributed by atoms with Crippen molar-refractivity contribution < 1.29 is 14.3 Å². The Balaban J connectivity index is 1.40. The third kappa shape index (κ3) is 6.76. The number of carbonyl (C=O) groups excluding carboxylic acids is 1. The quantitative estimate of drug-likeness (QED) is 0.369. The van der Waals surface area contributed by atoms with Gasteiger partial charge in [-0.2, -0.15) is 0 Å². The molecule has 1 saturated heterocycles. The van der Waals surface area contributed by atoms with E-state index in [1.807, 2.05) is 71.8 Å². The molecule has 2 heterocycles. The predicted molar refractivity (Wildman–Crippen MR) is 140 cm³/mol. The molecule has 2 aromatic carbocycles. The summed E-state index contributed by atoms with van der Waals surface area (Å²) in [5.41, 5.74) is 2.81. The summed E-state index contributed by atoms with van der Waals surface area (Å²) in [4.78, 5) is 21.7. The highest BCUT2D eigenvalue weighted by Crippen LogP contribution is 2.25. The Morgan fingerprint density at radius 3 is 2.57 bits per heavy atom. The second-order valence-corrected chi connectivity index (χ2v) is 9.59. The third-order valence-electron chi connectivity index (χ3n) is 6.11. The van der Waals surface area contributed by atoms with Gasteiger partial charge in [0.25, 0.3) is 5.91 Å². The second kappa shape index (κ2) is 12.4. The number of rotatable bonds is 9. The van der Waals surface area contributed by atoms with E-state index < -0.39 is 0 Å². The van der Waals surface area contributed by atoms with Crippen molar-refractivity contribution in [3.8, 4) is 5.75 Å². The largest absolute Gasteiger partial charge is 0.497 e. The summed E-state index contributed by atoms with van der Waals surface area (Å²) in [6.07, 6.45) is 3.55. The van der Waals surface area contributed by atoms with E-state index in [1.165, 1.54) is 11.8 Å². The van der Waals surface area contributed by atoms with E-state index in [0.717, 1.165) is 41.5 Å². The van der Waals surface area contributed by atoms with Crippen molar-refractivity contribution >= 4 is 29.3 Å². The number of carbonyl (C=O) groups is 1. The molecule has 1 fully saturated rings. The molecule has 184 valence electrons. The highest BCUT2D eigenvalue weighted by molar-refractivity contribution is 7.98.